The van der Waals surface area contributed by atoms with Gasteiger partial charge in [0.2, 0.25) is 15.0 Å². The topological polar surface area (TPSA) is 101 Å². The lowest BCUT2D eigenvalue weighted by Crippen LogP contribution is -2.23. The number of rotatable bonds is 7. The van der Waals surface area contributed by atoms with Crippen molar-refractivity contribution in [2.75, 3.05) is 5.32 Å². The summed E-state index contributed by atoms with van der Waals surface area (Å²) in [4.78, 5) is 12.3. The molecule has 7 nitrogen and oxygen atoms in total. The SMILES string of the molecule is CC(C)c1ccc(S(=O)(=O)NCc2nnc(C(=O)Nc3ccccc3F)s2)cc1. The van der Waals surface area contributed by atoms with Gasteiger partial charge < -0.3 is 5.32 Å². The third-order valence-corrected chi connectivity index (χ3v) is 6.39. The van der Waals surface area contributed by atoms with E-state index in [4.69, 9.17) is 0 Å². The first-order chi connectivity index (χ1) is 13.8. The molecule has 0 aliphatic heterocycles. The fourth-order valence-electron chi connectivity index (χ4n) is 2.43. The largest absolute Gasteiger partial charge is 0.317 e. The van der Waals surface area contributed by atoms with Crippen molar-refractivity contribution in [2.24, 2.45) is 0 Å². The lowest BCUT2D eigenvalue weighted by atomic mass is 10.0. The number of benzene rings is 2. The number of sulfonamides is 1. The number of hydrogen-bond donors (Lipinski definition) is 2. The zero-order valence-corrected chi connectivity index (χ0v) is 17.3. The minimum Gasteiger partial charge on any atom is -0.317 e. The molecule has 0 bridgehead atoms. The van der Waals surface area contributed by atoms with Gasteiger partial charge in [-0.15, -0.1) is 10.2 Å². The highest BCUT2D eigenvalue weighted by molar-refractivity contribution is 7.89. The molecule has 2 aromatic carbocycles. The van der Waals surface area contributed by atoms with Gasteiger partial charge in [-0.1, -0.05) is 49.4 Å². The van der Waals surface area contributed by atoms with Crippen molar-refractivity contribution >= 4 is 33.0 Å². The zero-order chi connectivity index (χ0) is 21.0. The average molecular weight is 435 g/mol. The summed E-state index contributed by atoms with van der Waals surface area (Å²) >= 11 is 0.925. The van der Waals surface area contributed by atoms with Gasteiger partial charge in [0.15, 0.2) is 0 Å². The van der Waals surface area contributed by atoms with Gasteiger partial charge >= 0.3 is 0 Å². The van der Waals surface area contributed by atoms with Gasteiger partial charge in [0.1, 0.15) is 10.8 Å². The Hall–Kier alpha value is -2.69. The summed E-state index contributed by atoms with van der Waals surface area (Å²) < 4.78 is 40.9. The van der Waals surface area contributed by atoms with Crippen LogP contribution in [0.2, 0.25) is 0 Å². The summed E-state index contributed by atoms with van der Waals surface area (Å²) in [5.41, 5.74) is 1.07. The fraction of sp³-hybridized carbons (Fsp3) is 0.211. The van der Waals surface area contributed by atoms with Crippen LogP contribution >= 0.6 is 11.3 Å². The number of halogens is 1. The van der Waals surface area contributed by atoms with Crippen LogP contribution in [0.1, 0.15) is 40.1 Å². The Kier molecular flexibility index (Phi) is 6.36. The van der Waals surface area contributed by atoms with Crippen molar-refractivity contribution in [3.05, 3.63) is 69.9 Å². The summed E-state index contributed by atoms with van der Waals surface area (Å²) in [5.74, 6) is -0.886. The Labute approximate surface area is 172 Å². The summed E-state index contributed by atoms with van der Waals surface area (Å²) in [6, 6.07) is 12.4. The van der Waals surface area contributed by atoms with Crippen LogP contribution in [-0.2, 0) is 16.6 Å². The van der Waals surface area contributed by atoms with Crippen LogP contribution in [0.15, 0.2) is 53.4 Å². The summed E-state index contributed by atoms with van der Waals surface area (Å²) in [7, 11) is -3.73. The molecule has 3 rings (SSSR count). The van der Waals surface area contributed by atoms with E-state index in [1.165, 1.54) is 18.2 Å². The minimum absolute atomic E-state index is 0.00346. The monoisotopic (exact) mass is 434 g/mol. The van der Waals surface area contributed by atoms with Crippen LogP contribution in [-0.4, -0.2) is 24.5 Å². The number of amides is 1. The molecule has 0 unspecified atom stereocenters. The van der Waals surface area contributed by atoms with Crippen molar-refractivity contribution in [1.29, 1.82) is 0 Å². The van der Waals surface area contributed by atoms with E-state index < -0.39 is 21.7 Å². The first-order valence-electron chi connectivity index (χ1n) is 8.74. The molecule has 0 saturated heterocycles. The molecule has 0 spiro atoms. The first kappa shape index (κ1) is 21.0. The Balaban J connectivity index is 1.64. The molecule has 3 aromatic rings. The molecule has 0 aliphatic carbocycles. The van der Waals surface area contributed by atoms with Gasteiger partial charge in [0, 0.05) is 0 Å². The molecule has 10 heteroatoms. The van der Waals surface area contributed by atoms with E-state index in [1.807, 2.05) is 13.8 Å². The van der Waals surface area contributed by atoms with Crippen molar-refractivity contribution in [2.45, 2.75) is 31.2 Å². The van der Waals surface area contributed by atoms with Gasteiger partial charge in [0.05, 0.1) is 17.1 Å². The molecule has 152 valence electrons. The summed E-state index contributed by atoms with van der Waals surface area (Å²) in [6.45, 7) is 3.94. The van der Waals surface area contributed by atoms with Crippen LogP contribution in [0.25, 0.3) is 0 Å². The van der Waals surface area contributed by atoms with E-state index >= 15 is 0 Å². The Morgan fingerprint density at radius 1 is 1.10 bits per heavy atom. The maximum Gasteiger partial charge on any atom is 0.286 e. The molecular weight excluding hydrogens is 415 g/mol. The van der Waals surface area contributed by atoms with Crippen LogP contribution in [0.3, 0.4) is 0 Å². The maximum absolute atomic E-state index is 13.6. The predicted molar refractivity (Wildman–Crippen MR) is 109 cm³/mol. The average Bonchev–Trinajstić information content (AvgIpc) is 3.18. The fourth-order valence-corrected chi connectivity index (χ4v) is 4.18. The highest BCUT2D eigenvalue weighted by Gasteiger charge is 2.18. The number of anilines is 1. The minimum atomic E-state index is -3.73. The van der Waals surface area contributed by atoms with E-state index in [0.717, 1.165) is 16.9 Å². The third kappa shape index (κ3) is 5.22. The number of hydrogen-bond acceptors (Lipinski definition) is 6. The molecule has 0 radical (unpaired) electrons. The molecule has 0 saturated carbocycles. The molecule has 0 fully saturated rings. The maximum atomic E-state index is 13.6. The molecule has 29 heavy (non-hydrogen) atoms. The number of nitrogens with zero attached hydrogens (tertiary/aromatic N) is 2. The van der Waals surface area contributed by atoms with Crippen LogP contribution in [0.4, 0.5) is 10.1 Å². The van der Waals surface area contributed by atoms with E-state index in [0.29, 0.717) is 10.9 Å². The van der Waals surface area contributed by atoms with Gasteiger partial charge in [-0.3, -0.25) is 4.79 Å². The lowest BCUT2D eigenvalue weighted by Gasteiger charge is -2.08. The molecule has 1 heterocycles. The van der Waals surface area contributed by atoms with Gasteiger partial charge in [0.25, 0.3) is 5.91 Å². The van der Waals surface area contributed by atoms with Gasteiger partial charge in [-0.25, -0.2) is 17.5 Å². The quantitative estimate of drug-likeness (QED) is 0.592. The molecule has 0 atom stereocenters. The van der Waals surface area contributed by atoms with Gasteiger partial charge in [-0.2, -0.15) is 0 Å². The van der Waals surface area contributed by atoms with Crippen LogP contribution < -0.4 is 10.0 Å². The van der Waals surface area contributed by atoms with Crippen molar-refractivity contribution < 1.29 is 17.6 Å². The summed E-state index contributed by atoms with van der Waals surface area (Å²) in [6.07, 6.45) is 0. The van der Waals surface area contributed by atoms with Gasteiger partial charge in [-0.05, 0) is 35.7 Å². The standard InChI is InChI=1S/C19H19FN4O3S2/c1-12(2)13-7-9-14(10-8-13)29(26,27)21-11-17-23-24-19(28-17)18(25)22-16-6-4-3-5-15(16)20/h3-10,12,21H,11H2,1-2H3,(H,22,25). The number of aromatic nitrogens is 2. The van der Waals surface area contributed by atoms with Crippen molar-refractivity contribution in [1.82, 2.24) is 14.9 Å². The summed E-state index contributed by atoms with van der Waals surface area (Å²) in [5, 5.41) is 10.3. The van der Waals surface area contributed by atoms with E-state index in [9.17, 15) is 17.6 Å². The highest BCUT2D eigenvalue weighted by atomic mass is 32.2. The normalized spacial score (nSPS) is 11.6. The second kappa shape index (κ2) is 8.76. The third-order valence-electron chi connectivity index (χ3n) is 4.05. The Morgan fingerprint density at radius 3 is 2.45 bits per heavy atom. The lowest BCUT2D eigenvalue weighted by molar-refractivity contribution is 0.102. The van der Waals surface area contributed by atoms with E-state index in [-0.39, 0.29) is 22.1 Å². The number of carbonyl (C=O) groups is 1. The first-order valence-corrected chi connectivity index (χ1v) is 11.0. The highest BCUT2D eigenvalue weighted by Crippen LogP contribution is 2.19. The van der Waals surface area contributed by atoms with Crippen molar-refractivity contribution in [3.63, 3.8) is 0 Å². The Morgan fingerprint density at radius 2 is 1.79 bits per heavy atom. The zero-order valence-electron chi connectivity index (χ0n) is 15.7. The van der Waals surface area contributed by atoms with Crippen LogP contribution in [0, 0.1) is 5.82 Å². The number of para-hydroxylation sites is 1. The smallest absolute Gasteiger partial charge is 0.286 e. The second-order valence-corrected chi connectivity index (χ2v) is 9.31. The number of carbonyl (C=O) groups excluding carboxylic acids is 1. The molecule has 2 N–H and O–H groups in total. The van der Waals surface area contributed by atoms with Crippen molar-refractivity contribution in [3.8, 4) is 0 Å². The molecular formula is C19H19FN4O3S2. The molecule has 1 amide bonds. The number of nitrogens with one attached hydrogen (secondary N) is 2. The predicted octanol–water partition coefficient (Wildman–Crippen LogP) is 3.53. The molecule has 1 aromatic heterocycles. The van der Waals surface area contributed by atoms with E-state index in [2.05, 4.69) is 20.2 Å². The van der Waals surface area contributed by atoms with E-state index in [1.54, 1.807) is 30.3 Å². The second-order valence-electron chi connectivity index (χ2n) is 6.48. The Bertz CT molecular complexity index is 1110. The molecule has 0 aliphatic rings. The van der Waals surface area contributed by atoms with Crippen LogP contribution in [0.5, 0.6) is 0 Å².